The van der Waals surface area contributed by atoms with Crippen molar-refractivity contribution < 1.29 is 10.8 Å². The van der Waals surface area contributed by atoms with Crippen LogP contribution in [0, 0.1) is 0 Å². The van der Waals surface area contributed by atoms with Gasteiger partial charge in [0.25, 0.3) is 0 Å². The lowest BCUT2D eigenvalue weighted by atomic mass is 10.00. The van der Waals surface area contributed by atoms with Crippen molar-refractivity contribution >= 4 is 0 Å². The standard InChI is InChI=1S/C13H13NO/c14-13(10-4-2-1-3-5-10)11-6-8-12(15)9-7-11/h1-9,13,15H,14H2/p+1/t13-/m1/s1. The van der Waals surface area contributed by atoms with Crippen LogP contribution in [0.2, 0.25) is 0 Å². The van der Waals surface area contributed by atoms with Gasteiger partial charge in [0.1, 0.15) is 11.8 Å². The van der Waals surface area contributed by atoms with Crippen molar-refractivity contribution in [3.63, 3.8) is 0 Å². The average molecular weight is 200 g/mol. The summed E-state index contributed by atoms with van der Waals surface area (Å²) in [6, 6.07) is 17.4. The number of aromatic hydroxyl groups is 1. The fourth-order valence-corrected chi connectivity index (χ4v) is 1.58. The SMILES string of the molecule is [NH3+][C@H](c1ccccc1)c1ccc(O)cc1. The maximum Gasteiger partial charge on any atom is 0.136 e. The molecule has 2 aromatic carbocycles. The molecule has 0 aromatic heterocycles. The Hall–Kier alpha value is -1.80. The van der Waals surface area contributed by atoms with Gasteiger partial charge in [0.15, 0.2) is 0 Å². The molecule has 1 atom stereocenters. The van der Waals surface area contributed by atoms with E-state index in [1.807, 2.05) is 30.3 Å². The van der Waals surface area contributed by atoms with Crippen LogP contribution in [0.4, 0.5) is 0 Å². The van der Waals surface area contributed by atoms with Crippen LogP contribution < -0.4 is 5.73 Å². The number of phenolic OH excluding ortho intramolecular Hbond substituents is 1. The van der Waals surface area contributed by atoms with Crippen LogP contribution in [0.5, 0.6) is 5.75 Å². The van der Waals surface area contributed by atoms with Crippen LogP contribution in [0.3, 0.4) is 0 Å². The summed E-state index contributed by atoms with van der Waals surface area (Å²) in [6.07, 6.45) is 0. The Morgan fingerprint density at radius 2 is 1.33 bits per heavy atom. The second-order valence-electron chi connectivity index (χ2n) is 3.55. The molecular weight excluding hydrogens is 186 g/mol. The van der Waals surface area contributed by atoms with Crippen LogP contribution >= 0.6 is 0 Å². The molecule has 0 heterocycles. The molecule has 0 spiro atoms. The molecule has 0 radical (unpaired) electrons. The summed E-state index contributed by atoms with van der Waals surface area (Å²) in [7, 11) is 0. The molecule has 0 aliphatic rings. The topological polar surface area (TPSA) is 47.9 Å². The van der Waals surface area contributed by atoms with Crippen molar-refractivity contribution in [2.75, 3.05) is 0 Å². The van der Waals surface area contributed by atoms with Gasteiger partial charge in [-0.05, 0) is 24.3 Å². The van der Waals surface area contributed by atoms with Gasteiger partial charge >= 0.3 is 0 Å². The van der Waals surface area contributed by atoms with Crippen LogP contribution in [0.25, 0.3) is 0 Å². The molecule has 15 heavy (non-hydrogen) atoms. The van der Waals surface area contributed by atoms with Gasteiger partial charge in [-0.15, -0.1) is 0 Å². The molecule has 0 fully saturated rings. The van der Waals surface area contributed by atoms with Gasteiger partial charge in [-0.1, -0.05) is 30.3 Å². The first-order valence-electron chi connectivity index (χ1n) is 4.94. The van der Waals surface area contributed by atoms with Crippen molar-refractivity contribution in [2.24, 2.45) is 0 Å². The van der Waals surface area contributed by atoms with Gasteiger partial charge in [0, 0.05) is 11.1 Å². The zero-order valence-corrected chi connectivity index (χ0v) is 8.43. The summed E-state index contributed by atoms with van der Waals surface area (Å²) < 4.78 is 0. The maximum atomic E-state index is 9.19. The summed E-state index contributed by atoms with van der Waals surface area (Å²) in [5.41, 5.74) is 6.42. The second kappa shape index (κ2) is 4.15. The van der Waals surface area contributed by atoms with Gasteiger partial charge in [-0.2, -0.15) is 0 Å². The number of quaternary nitrogens is 1. The molecule has 0 aliphatic carbocycles. The highest BCUT2D eigenvalue weighted by atomic mass is 16.3. The van der Waals surface area contributed by atoms with Crippen molar-refractivity contribution in [3.05, 3.63) is 65.7 Å². The molecule has 4 N–H and O–H groups in total. The van der Waals surface area contributed by atoms with Crippen LogP contribution in [0.1, 0.15) is 17.2 Å². The van der Waals surface area contributed by atoms with E-state index in [-0.39, 0.29) is 6.04 Å². The minimum Gasteiger partial charge on any atom is -0.508 e. The van der Waals surface area contributed by atoms with Crippen molar-refractivity contribution in [1.29, 1.82) is 0 Å². The summed E-state index contributed by atoms with van der Waals surface area (Å²) in [6.45, 7) is 0. The molecule has 0 unspecified atom stereocenters. The van der Waals surface area contributed by atoms with Gasteiger partial charge in [-0.3, -0.25) is 0 Å². The predicted molar refractivity (Wildman–Crippen MR) is 59.3 cm³/mol. The Morgan fingerprint density at radius 3 is 1.93 bits per heavy atom. The molecule has 0 aliphatic heterocycles. The molecule has 2 nitrogen and oxygen atoms in total. The lowest BCUT2D eigenvalue weighted by Crippen LogP contribution is -2.53. The lowest BCUT2D eigenvalue weighted by Gasteiger charge is -2.08. The number of benzene rings is 2. The fraction of sp³-hybridized carbons (Fsp3) is 0.0769. The van der Waals surface area contributed by atoms with Gasteiger partial charge < -0.3 is 10.8 Å². The first kappa shape index (κ1) is 9.74. The molecule has 2 aromatic rings. The van der Waals surface area contributed by atoms with Crippen molar-refractivity contribution in [3.8, 4) is 5.75 Å². The lowest BCUT2D eigenvalue weighted by molar-refractivity contribution is -0.411. The Morgan fingerprint density at radius 1 is 0.800 bits per heavy atom. The molecule has 0 bridgehead atoms. The Kier molecular flexibility index (Phi) is 2.70. The van der Waals surface area contributed by atoms with Crippen molar-refractivity contribution in [1.82, 2.24) is 0 Å². The second-order valence-corrected chi connectivity index (χ2v) is 3.55. The van der Waals surface area contributed by atoms with E-state index >= 15 is 0 Å². The molecule has 2 rings (SSSR count). The van der Waals surface area contributed by atoms with E-state index in [2.05, 4.69) is 17.9 Å². The fourth-order valence-electron chi connectivity index (χ4n) is 1.58. The van der Waals surface area contributed by atoms with Gasteiger partial charge in [0.2, 0.25) is 0 Å². The van der Waals surface area contributed by atoms with Crippen molar-refractivity contribution in [2.45, 2.75) is 6.04 Å². The van der Waals surface area contributed by atoms with Gasteiger partial charge in [0.05, 0.1) is 0 Å². The normalized spacial score (nSPS) is 12.3. The highest BCUT2D eigenvalue weighted by molar-refractivity contribution is 5.32. The number of phenols is 1. The third kappa shape index (κ3) is 2.17. The van der Waals surface area contributed by atoms with E-state index in [0.29, 0.717) is 5.75 Å². The monoisotopic (exact) mass is 200 g/mol. The Balaban J connectivity index is 2.29. The van der Waals surface area contributed by atoms with E-state index in [9.17, 15) is 5.11 Å². The molecular formula is C13H14NO+. The Bertz CT molecular complexity index is 422. The van der Waals surface area contributed by atoms with E-state index in [1.165, 1.54) is 5.56 Å². The smallest absolute Gasteiger partial charge is 0.136 e. The third-order valence-electron chi connectivity index (χ3n) is 2.50. The van der Waals surface area contributed by atoms with E-state index in [0.717, 1.165) is 5.56 Å². The third-order valence-corrected chi connectivity index (χ3v) is 2.50. The number of hydrogen-bond donors (Lipinski definition) is 2. The Labute approximate surface area is 89.0 Å². The number of rotatable bonds is 2. The molecule has 76 valence electrons. The van der Waals surface area contributed by atoms with Crippen LogP contribution in [0.15, 0.2) is 54.6 Å². The quantitative estimate of drug-likeness (QED) is 0.762. The summed E-state index contributed by atoms with van der Waals surface area (Å²) in [5.74, 6) is 0.291. The zero-order valence-electron chi connectivity index (χ0n) is 8.43. The first-order chi connectivity index (χ1) is 7.27. The van der Waals surface area contributed by atoms with E-state index in [1.54, 1.807) is 12.1 Å². The first-order valence-corrected chi connectivity index (χ1v) is 4.94. The van der Waals surface area contributed by atoms with Crippen LogP contribution in [-0.2, 0) is 0 Å². The minimum atomic E-state index is 0.117. The minimum absolute atomic E-state index is 0.117. The summed E-state index contributed by atoms with van der Waals surface area (Å²) >= 11 is 0. The molecule has 0 saturated carbocycles. The van der Waals surface area contributed by atoms with E-state index in [4.69, 9.17) is 0 Å². The molecule has 0 amide bonds. The molecule has 2 heteroatoms. The highest BCUT2D eigenvalue weighted by Gasteiger charge is 2.11. The average Bonchev–Trinajstić information content (AvgIpc) is 2.30. The summed E-state index contributed by atoms with van der Waals surface area (Å²) in [5, 5.41) is 9.19. The highest BCUT2D eigenvalue weighted by Crippen LogP contribution is 2.19. The number of hydrogen-bond acceptors (Lipinski definition) is 1. The predicted octanol–water partition coefficient (Wildman–Crippen LogP) is 1.72. The maximum absolute atomic E-state index is 9.19. The zero-order chi connectivity index (χ0) is 10.7. The summed E-state index contributed by atoms with van der Waals surface area (Å²) in [4.78, 5) is 0. The molecule has 0 saturated heterocycles. The van der Waals surface area contributed by atoms with Crippen LogP contribution in [-0.4, -0.2) is 5.11 Å². The van der Waals surface area contributed by atoms with Gasteiger partial charge in [-0.25, -0.2) is 0 Å². The van der Waals surface area contributed by atoms with E-state index < -0.39 is 0 Å². The largest absolute Gasteiger partial charge is 0.508 e.